The Balaban J connectivity index is 2.86. The Kier molecular flexibility index (Phi) is 4.15. The summed E-state index contributed by atoms with van der Waals surface area (Å²) in [4.78, 5) is 0. The zero-order chi connectivity index (χ0) is 11.5. The number of methoxy groups -OCH3 is 1. The summed E-state index contributed by atoms with van der Waals surface area (Å²) in [6.07, 6.45) is 1.96. The molecule has 3 nitrogen and oxygen atoms in total. The third kappa shape index (κ3) is 2.71. The molecule has 0 radical (unpaired) electrons. The van der Waals surface area contributed by atoms with E-state index < -0.39 is 0 Å². The summed E-state index contributed by atoms with van der Waals surface area (Å²) in [5.74, 6) is 0. The number of nitrogens with one attached hydrogen (secondary N) is 1. The quantitative estimate of drug-likeness (QED) is 0.779. The second-order valence-corrected chi connectivity index (χ2v) is 5.47. The zero-order valence-electron chi connectivity index (χ0n) is 10.7. The van der Waals surface area contributed by atoms with Gasteiger partial charge in [-0.25, -0.2) is 0 Å². The summed E-state index contributed by atoms with van der Waals surface area (Å²) in [7, 11) is 3.84. The van der Waals surface area contributed by atoms with E-state index in [1.165, 1.54) is 0 Å². The van der Waals surface area contributed by atoms with Crippen LogP contribution in [-0.2, 0) is 9.47 Å². The third-order valence-corrected chi connectivity index (χ3v) is 3.43. The molecule has 0 spiro atoms. The minimum atomic E-state index is -0.0642. The maximum atomic E-state index is 5.82. The summed E-state index contributed by atoms with van der Waals surface area (Å²) in [6.45, 7) is 8.38. The number of likely N-dealkylation sites (N-methyl/N-ethyl adjacent to an activating group) is 1. The number of ether oxygens (including phenoxy) is 2. The Morgan fingerprint density at radius 3 is 2.13 bits per heavy atom. The molecule has 90 valence electrons. The normalized spacial score (nSPS) is 23.8. The molecule has 15 heavy (non-hydrogen) atoms. The summed E-state index contributed by atoms with van der Waals surface area (Å²) >= 11 is 0. The van der Waals surface area contributed by atoms with Crippen LogP contribution in [0, 0.1) is 5.41 Å². The first-order valence-electron chi connectivity index (χ1n) is 5.76. The van der Waals surface area contributed by atoms with E-state index in [4.69, 9.17) is 9.47 Å². The molecule has 1 unspecified atom stereocenters. The fraction of sp³-hybridized carbons (Fsp3) is 1.00. The van der Waals surface area contributed by atoms with Crippen molar-refractivity contribution in [2.75, 3.05) is 27.4 Å². The fourth-order valence-electron chi connectivity index (χ4n) is 2.81. The van der Waals surface area contributed by atoms with Crippen molar-refractivity contribution >= 4 is 0 Å². The van der Waals surface area contributed by atoms with E-state index in [0.717, 1.165) is 26.1 Å². The van der Waals surface area contributed by atoms with Crippen molar-refractivity contribution in [2.24, 2.45) is 5.41 Å². The van der Waals surface area contributed by atoms with Crippen molar-refractivity contribution in [1.29, 1.82) is 0 Å². The molecular formula is C12H25NO2. The molecule has 1 heterocycles. The van der Waals surface area contributed by atoms with Gasteiger partial charge in [0.2, 0.25) is 0 Å². The predicted molar refractivity (Wildman–Crippen MR) is 62.1 cm³/mol. The summed E-state index contributed by atoms with van der Waals surface area (Å²) < 4.78 is 11.2. The smallest absolute Gasteiger partial charge is 0.0879 e. The molecule has 0 aromatic carbocycles. The lowest BCUT2D eigenvalue weighted by atomic mass is 9.72. The molecule has 1 rings (SSSR count). The summed E-state index contributed by atoms with van der Waals surface area (Å²) in [5, 5.41) is 3.42. The van der Waals surface area contributed by atoms with Gasteiger partial charge in [-0.05, 0) is 12.5 Å². The lowest BCUT2D eigenvalue weighted by Gasteiger charge is -2.47. The van der Waals surface area contributed by atoms with Crippen LogP contribution in [-0.4, -0.2) is 39.0 Å². The molecule has 0 amide bonds. The maximum absolute atomic E-state index is 5.82. The molecule has 0 saturated carbocycles. The first kappa shape index (κ1) is 12.9. The second kappa shape index (κ2) is 4.81. The van der Waals surface area contributed by atoms with Crippen LogP contribution in [0.3, 0.4) is 0 Å². The van der Waals surface area contributed by atoms with E-state index in [-0.39, 0.29) is 11.0 Å². The van der Waals surface area contributed by atoms with E-state index in [0.29, 0.717) is 6.04 Å². The van der Waals surface area contributed by atoms with Crippen molar-refractivity contribution in [3.63, 3.8) is 0 Å². The average molecular weight is 215 g/mol. The molecule has 0 bridgehead atoms. The van der Waals surface area contributed by atoms with Crippen LogP contribution >= 0.6 is 0 Å². The largest absolute Gasteiger partial charge is 0.381 e. The molecule has 0 aromatic heterocycles. The molecule has 0 aliphatic carbocycles. The van der Waals surface area contributed by atoms with Crippen LogP contribution in [0.25, 0.3) is 0 Å². The zero-order valence-corrected chi connectivity index (χ0v) is 10.7. The Morgan fingerprint density at radius 2 is 1.80 bits per heavy atom. The van der Waals surface area contributed by atoms with Gasteiger partial charge in [-0.3, -0.25) is 0 Å². The summed E-state index contributed by atoms with van der Waals surface area (Å²) in [6, 6.07) is 0.360. The van der Waals surface area contributed by atoms with E-state index in [9.17, 15) is 0 Å². The fourth-order valence-corrected chi connectivity index (χ4v) is 2.81. The molecule has 1 saturated heterocycles. The van der Waals surface area contributed by atoms with Gasteiger partial charge in [0.25, 0.3) is 0 Å². The average Bonchev–Trinajstić information content (AvgIpc) is 2.18. The van der Waals surface area contributed by atoms with Crippen molar-refractivity contribution in [2.45, 2.75) is 45.3 Å². The Labute approximate surface area is 93.5 Å². The first-order chi connectivity index (χ1) is 6.96. The summed E-state index contributed by atoms with van der Waals surface area (Å²) in [5.41, 5.74) is 0.132. The third-order valence-electron chi connectivity index (χ3n) is 3.43. The van der Waals surface area contributed by atoms with Gasteiger partial charge in [0.05, 0.1) is 5.60 Å². The molecular weight excluding hydrogens is 190 g/mol. The van der Waals surface area contributed by atoms with Crippen molar-refractivity contribution in [3.8, 4) is 0 Å². The SMILES string of the molecule is CNC(C(C)(C)C)C1(OC)CCOCC1. The Hall–Kier alpha value is -0.120. The van der Waals surface area contributed by atoms with Crippen molar-refractivity contribution < 1.29 is 9.47 Å². The predicted octanol–water partition coefficient (Wildman–Crippen LogP) is 1.82. The van der Waals surface area contributed by atoms with Gasteiger partial charge in [0.15, 0.2) is 0 Å². The van der Waals surface area contributed by atoms with Crippen LogP contribution in [0.4, 0.5) is 0 Å². The van der Waals surface area contributed by atoms with Gasteiger partial charge in [0.1, 0.15) is 0 Å². The van der Waals surface area contributed by atoms with Crippen LogP contribution in [0.1, 0.15) is 33.6 Å². The highest BCUT2D eigenvalue weighted by molar-refractivity contribution is 4.99. The van der Waals surface area contributed by atoms with Crippen LogP contribution in [0.2, 0.25) is 0 Å². The first-order valence-corrected chi connectivity index (χ1v) is 5.76. The number of hydrogen-bond donors (Lipinski definition) is 1. The highest BCUT2D eigenvalue weighted by Gasteiger charge is 2.45. The molecule has 1 N–H and O–H groups in total. The molecule has 1 atom stereocenters. The van der Waals surface area contributed by atoms with E-state index in [2.05, 4.69) is 26.1 Å². The maximum Gasteiger partial charge on any atom is 0.0879 e. The molecule has 1 fully saturated rings. The van der Waals surface area contributed by atoms with Crippen LogP contribution < -0.4 is 5.32 Å². The molecule has 0 aromatic rings. The van der Waals surface area contributed by atoms with E-state index >= 15 is 0 Å². The minimum Gasteiger partial charge on any atom is -0.381 e. The topological polar surface area (TPSA) is 30.5 Å². The van der Waals surface area contributed by atoms with Crippen LogP contribution in [0.5, 0.6) is 0 Å². The molecule has 1 aliphatic heterocycles. The van der Waals surface area contributed by atoms with Gasteiger partial charge in [-0.1, -0.05) is 20.8 Å². The van der Waals surface area contributed by atoms with Crippen molar-refractivity contribution in [3.05, 3.63) is 0 Å². The standard InChI is InChI=1S/C12H25NO2/c1-11(2,3)10(13-4)12(14-5)6-8-15-9-7-12/h10,13H,6-9H2,1-5H3. The second-order valence-electron chi connectivity index (χ2n) is 5.47. The van der Waals surface area contributed by atoms with Gasteiger partial charge >= 0.3 is 0 Å². The lowest BCUT2D eigenvalue weighted by Crippen LogP contribution is -2.59. The Bertz CT molecular complexity index is 192. The van der Waals surface area contributed by atoms with E-state index in [1.807, 2.05) is 14.2 Å². The number of hydrogen-bond acceptors (Lipinski definition) is 3. The molecule has 3 heteroatoms. The van der Waals surface area contributed by atoms with Crippen LogP contribution in [0.15, 0.2) is 0 Å². The van der Waals surface area contributed by atoms with Gasteiger partial charge < -0.3 is 14.8 Å². The number of rotatable bonds is 3. The van der Waals surface area contributed by atoms with Crippen molar-refractivity contribution in [1.82, 2.24) is 5.32 Å². The highest BCUT2D eigenvalue weighted by atomic mass is 16.5. The minimum absolute atomic E-state index is 0.0642. The highest BCUT2D eigenvalue weighted by Crippen LogP contribution is 2.36. The monoisotopic (exact) mass is 215 g/mol. The lowest BCUT2D eigenvalue weighted by molar-refractivity contribution is -0.127. The van der Waals surface area contributed by atoms with Gasteiger partial charge in [0, 0.05) is 39.2 Å². The van der Waals surface area contributed by atoms with E-state index in [1.54, 1.807) is 0 Å². The Morgan fingerprint density at radius 1 is 1.27 bits per heavy atom. The molecule has 1 aliphatic rings. The van der Waals surface area contributed by atoms with Gasteiger partial charge in [-0.15, -0.1) is 0 Å². The van der Waals surface area contributed by atoms with Gasteiger partial charge in [-0.2, -0.15) is 0 Å².